The number of rotatable bonds is 2. The van der Waals surface area contributed by atoms with Crippen LogP contribution in [0.4, 0.5) is 0 Å². The summed E-state index contributed by atoms with van der Waals surface area (Å²) in [5, 5.41) is 0. The van der Waals surface area contributed by atoms with E-state index in [1.165, 1.54) is 5.56 Å². The molecule has 96 valence electrons. The van der Waals surface area contributed by atoms with Crippen molar-refractivity contribution in [1.29, 1.82) is 0 Å². The zero-order valence-corrected chi connectivity index (χ0v) is 11.3. The highest BCUT2D eigenvalue weighted by Crippen LogP contribution is 2.35. The summed E-state index contributed by atoms with van der Waals surface area (Å²) in [5.74, 6) is 0.484. The van der Waals surface area contributed by atoms with Crippen molar-refractivity contribution in [3.05, 3.63) is 71.8 Å². The molecule has 1 aliphatic rings. The quantitative estimate of drug-likeness (QED) is 0.757. The third-order valence-corrected chi connectivity index (χ3v) is 3.80. The molecule has 0 N–H and O–H groups in total. The second kappa shape index (κ2) is 5.50. The molecule has 0 fully saturated rings. The van der Waals surface area contributed by atoms with Crippen LogP contribution >= 0.6 is 0 Å². The van der Waals surface area contributed by atoms with Crippen LogP contribution in [0.5, 0.6) is 0 Å². The van der Waals surface area contributed by atoms with Gasteiger partial charge in [-0.3, -0.25) is 4.79 Å². The lowest BCUT2D eigenvalue weighted by Gasteiger charge is -2.22. The summed E-state index contributed by atoms with van der Waals surface area (Å²) in [5.41, 5.74) is 4.18. The smallest absolute Gasteiger partial charge is 0.156 e. The van der Waals surface area contributed by atoms with E-state index in [4.69, 9.17) is 7.85 Å². The average Bonchev–Trinajstić information content (AvgIpc) is 2.48. The third-order valence-electron chi connectivity index (χ3n) is 3.80. The Bertz CT molecular complexity index is 641. The molecule has 0 saturated heterocycles. The summed E-state index contributed by atoms with van der Waals surface area (Å²) >= 11 is 0. The van der Waals surface area contributed by atoms with Gasteiger partial charge in [0.2, 0.25) is 0 Å². The number of allylic oxidation sites excluding steroid dienone is 2. The zero-order valence-electron chi connectivity index (χ0n) is 11.3. The van der Waals surface area contributed by atoms with Crippen LogP contribution < -0.4 is 5.46 Å². The first-order valence-electron chi connectivity index (χ1n) is 6.86. The maximum absolute atomic E-state index is 12.0. The molecular formula is C18H15BO. The number of hydrogen-bond acceptors (Lipinski definition) is 1. The second-order valence-electron chi connectivity index (χ2n) is 5.27. The molecule has 1 unspecified atom stereocenters. The van der Waals surface area contributed by atoms with E-state index in [0.29, 0.717) is 6.42 Å². The zero-order chi connectivity index (χ0) is 13.9. The topological polar surface area (TPSA) is 17.1 Å². The van der Waals surface area contributed by atoms with Crippen LogP contribution in [-0.4, -0.2) is 13.6 Å². The van der Waals surface area contributed by atoms with Crippen molar-refractivity contribution in [1.82, 2.24) is 0 Å². The van der Waals surface area contributed by atoms with Crippen molar-refractivity contribution in [3.63, 3.8) is 0 Å². The van der Waals surface area contributed by atoms with Crippen molar-refractivity contribution >= 4 is 24.7 Å². The van der Waals surface area contributed by atoms with Gasteiger partial charge in [0.05, 0.1) is 0 Å². The molecule has 1 nitrogen and oxygen atoms in total. The van der Waals surface area contributed by atoms with Crippen LogP contribution in [0.1, 0.15) is 29.9 Å². The molecule has 0 saturated carbocycles. The molecule has 2 radical (unpaired) electrons. The van der Waals surface area contributed by atoms with Crippen molar-refractivity contribution in [2.45, 2.75) is 18.8 Å². The van der Waals surface area contributed by atoms with Crippen LogP contribution in [0, 0.1) is 0 Å². The van der Waals surface area contributed by atoms with Crippen LogP contribution in [0.2, 0.25) is 0 Å². The molecule has 2 aromatic rings. The first-order valence-corrected chi connectivity index (χ1v) is 6.86. The molecule has 0 aromatic heterocycles. The normalized spacial score (nSPS) is 18.7. The second-order valence-corrected chi connectivity index (χ2v) is 5.27. The molecule has 0 amide bonds. The van der Waals surface area contributed by atoms with E-state index in [1.807, 2.05) is 42.5 Å². The SMILES string of the molecule is [B]c1ccc(C2=CC(=O)CC(c3ccccc3)C2)cc1. The van der Waals surface area contributed by atoms with Crippen LogP contribution in [0.3, 0.4) is 0 Å². The fourth-order valence-electron chi connectivity index (χ4n) is 2.75. The number of benzene rings is 2. The molecular weight excluding hydrogens is 243 g/mol. The molecule has 0 spiro atoms. The van der Waals surface area contributed by atoms with Gasteiger partial charge in [0, 0.05) is 6.42 Å². The van der Waals surface area contributed by atoms with Gasteiger partial charge in [-0.1, -0.05) is 60.1 Å². The Balaban J connectivity index is 1.89. The molecule has 1 atom stereocenters. The van der Waals surface area contributed by atoms with Gasteiger partial charge in [-0.2, -0.15) is 0 Å². The lowest BCUT2D eigenvalue weighted by atomic mass is 9.80. The van der Waals surface area contributed by atoms with Gasteiger partial charge in [-0.05, 0) is 35.1 Å². The summed E-state index contributed by atoms with van der Waals surface area (Å²) in [6.45, 7) is 0. The van der Waals surface area contributed by atoms with Crippen LogP contribution in [0.15, 0.2) is 60.7 Å². The Morgan fingerprint density at radius 2 is 1.60 bits per heavy atom. The third kappa shape index (κ3) is 2.74. The predicted molar refractivity (Wildman–Crippen MR) is 83.2 cm³/mol. The Labute approximate surface area is 120 Å². The molecule has 3 rings (SSSR count). The number of ketones is 1. The maximum Gasteiger partial charge on any atom is 0.156 e. The van der Waals surface area contributed by atoms with Crippen molar-refractivity contribution < 1.29 is 4.79 Å². The van der Waals surface area contributed by atoms with Crippen LogP contribution in [-0.2, 0) is 4.79 Å². The first kappa shape index (κ1) is 12.9. The van der Waals surface area contributed by atoms with E-state index in [-0.39, 0.29) is 11.7 Å². The van der Waals surface area contributed by atoms with E-state index in [1.54, 1.807) is 6.08 Å². The Morgan fingerprint density at radius 3 is 2.30 bits per heavy atom. The number of hydrogen-bond donors (Lipinski definition) is 0. The standard InChI is InChI=1S/C18H15BO/c19-17-8-6-14(7-9-17)16-10-15(11-18(20)12-16)13-4-2-1-3-5-13/h1-9,12,15H,10-11H2. The first-order chi connectivity index (χ1) is 9.72. The van der Waals surface area contributed by atoms with E-state index >= 15 is 0 Å². The lowest BCUT2D eigenvalue weighted by Crippen LogP contribution is -2.12. The van der Waals surface area contributed by atoms with E-state index in [2.05, 4.69) is 12.1 Å². The Hall–Kier alpha value is -2.09. The van der Waals surface area contributed by atoms with E-state index < -0.39 is 0 Å². The van der Waals surface area contributed by atoms with Crippen molar-refractivity contribution in [2.24, 2.45) is 0 Å². The Kier molecular flexibility index (Phi) is 3.55. The molecule has 2 aromatic carbocycles. The monoisotopic (exact) mass is 258 g/mol. The minimum Gasteiger partial charge on any atom is -0.295 e. The van der Waals surface area contributed by atoms with Gasteiger partial charge in [-0.15, -0.1) is 0 Å². The maximum atomic E-state index is 12.0. The highest BCUT2D eigenvalue weighted by Gasteiger charge is 2.22. The molecule has 0 heterocycles. The lowest BCUT2D eigenvalue weighted by molar-refractivity contribution is -0.115. The minimum atomic E-state index is 0.205. The molecule has 1 aliphatic carbocycles. The minimum absolute atomic E-state index is 0.205. The van der Waals surface area contributed by atoms with Gasteiger partial charge in [-0.25, -0.2) is 0 Å². The van der Waals surface area contributed by atoms with Gasteiger partial charge >= 0.3 is 0 Å². The summed E-state index contributed by atoms with van der Waals surface area (Å²) < 4.78 is 0. The van der Waals surface area contributed by atoms with Gasteiger partial charge in [0.1, 0.15) is 7.85 Å². The van der Waals surface area contributed by atoms with Gasteiger partial charge < -0.3 is 0 Å². The molecule has 0 bridgehead atoms. The number of carbonyl (C=O) groups excluding carboxylic acids is 1. The molecule has 20 heavy (non-hydrogen) atoms. The predicted octanol–water partition coefficient (Wildman–Crippen LogP) is 3.01. The van der Waals surface area contributed by atoms with Gasteiger partial charge in [0.15, 0.2) is 5.78 Å². The van der Waals surface area contributed by atoms with Gasteiger partial charge in [0.25, 0.3) is 0 Å². The highest BCUT2D eigenvalue weighted by molar-refractivity contribution is 6.32. The van der Waals surface area contributed by atoms with Crippen LogP contribution in [0.25, 0.3) is 5.57 Å². The summed E-state index contributed by atoms with van der Waals surface area (Å²) in [4.78, 5) is 12.0. The summed E-state index contributed by atoms with van der Waals surface area (Å²) in [6.07, 6.45) is 3.28. The van der Waals surface area contributed by atoms with Crippen molar-refractivity contribution in [3.8, 4) is 0 Å². The summed E-state index contributed by atoms with van der Waals surface area (Å²) in [7, 11) is 5.72. The van der Waals surface area contributed by atoms with Crippen molar-refractivity contribution in [2.75, 3.05) is 0 Å². The number of carbonyl (C=O) groups is 1. The fourth-order valence-corrected chi connectivity index (χ4v) is 2.75. The molecule has 0 aliphatic heterocycles. The highest BCUT2D eigenvalue weighted by atomic mass is 16.1. The Morgan fingerprint density at radius 1 is 0.900 bits per heavy atom. The summed E-state index contributed by atoms with van der Waals surface area (Å²) in [6, 6.07) is 18.0. The largest absolute Gasteiger partial charge is 0.295 e. The van der Waals surface area contributed by atoms with E-state index in [9.17, 15) is 4.79 Å². The van der Waals surface area contributed by atoms with E-state index in [0.717, 1.165) is 23.0 Å². The average molecular weight is 258 g/mol. The molecule has 2 heteroatoms. The fraction of sp³-hybridized carbons (Fsp3) is 0.167.